The number of anilines is 1. The lowest BCUT2D eigenvalue weighted by molar-refractivity contribution is 1.16. The Kier molecular flexibility index (Phi) is 3.79. The number of hydrogen-bond acceptors (Lipinski definition) is 1. The third-order valence-corrected chi connectivity index (χ3v) is 4.11. The second-order valence-electron chi connectivity index (χ2n) is 4.49. The van der Waals surface area contributed by atoms with Crippen molar-refractivity contribution in [3.63, 3.8) is 0 Å². The van der Waals surface area contributed by atoms with Crippen LogP contribution in [-0.4, -0.2) is 4.98 Å². The zero-order valence-electron chi connectivity index (χ0n) is 10.4. The molecule has 0 saturated carbocycles. The van der Waals surface area contributed by atoms with Crippen molar-refractivity contribution in [2.75, 3.05) is 5.32 Å². The van der Waals surface area contributed by atoms with E-state index in [0.29, 0.717) is 16.6 Å². The van der Waals surface area contributed by atoms with E-state index < -0.39 is 0 Å². The van der Waals surface area contributed by atoms with Crippen LogP contribution in [0.25, 0.3) is 10.9 Å². The number of fused-ring (bicyclic) bond motifs is 1. The second kappa shape index (κ2) is 5.57. The maximum atomic E-state index is 5.99. The summed E-state index contributed by atoms with van der Waals surface area (Å²) in [6.07, 6.45) is 1.98. The predicted molar refractivity (Wildman–Crippen MR) is 87.1 cm³/mol. The number of aromatic nitrogens is 1. The van der Waals surface area contributed by atoms with E-state index in [4.69, 9.17) is 34.8 Å². The van der Waals surface area contributed by atoms with Gasteiger partial charge in [-0.2, -0.15) is 0 Å². The lowest BCUT2D eigenvalue weighted by atomic mass is 10.1. The Labute approximate surface area is 131 Å². The monoisotopic (exact) mass is 324 g/mol. The third-order valence-electron chi connectivity index (χ3n) is 3.13. The number of H-pyrrole nitrogens is 1. The van der Waals surface area contributed by atoms with Crippen LogP contribution in [0, 0.1) is 0 Å². The van der Waals surface area contributed by atoms with Gasteiger partial charge in [0.25, 0.3) is 0 Å². The van der Waals surface area contributed by atoms with E-state index in [0.717, 1.165) is 21.6 Å². The molecule has 0 unspecified atom stereocenters. The molecule has 0 radical (unpaired) electrons. The highest BCUT2D eigenvalue weighted by Crippen LogP contribution is 2.26. The summed E-state index contributed by atoms with van der Waals surface area (Å²) in [6, 6.07) is 11.3. The average molecular weight is 326 g/mol. The van der Waals surface area contributed by atoms with Gasteiger partial charge in [-0.3, -0.25) is 0 Å². The molecule has 1 heterocycles. The van der Waals surface area contributed by atoms with Crippen LogP contribution >= 0.6 is 34.8 Å². The molecule has 3 rings (SSSR count). The molecule has 0 bridgehead atoms. The predicted octanol–water partition coefficient (Wildman–Crippen LogP) is 5.74. The van der Waals surface area contributed by atoms with Crippen LogP contribution in [0.4, 0.5) is 5.69 Å². The van der Waals surface area contributed by atoms with Crippen molar-refractivity contribution in [2.24, 2.45) is 0 Å². The van der Waals surface area contributed by atoms with E-state index >= 15 is 0 Å². The highest BCUT2D eigenvalue weighted by molar-refractivity contribution is 6.42. The van der Waals surface area contributed by atoms with Crippen molar-refractivity contribution in [3.05, 3.63) is 63.2 Å². The summed E-state index contributed by atoms with van der Waals surface area (Å²) >= 11 is 17.9. The lowest BCUT2D eigenvalue weighted by Crippen LogP contribution is -1.98. The van der Waals surface area contributed by atoms with E-state index in [1.807, 2.05) is 36.5 Å². The van der Waals surface area contributed by atoms with Gasteiger partial charge in [0.1, 0.15) is 0 Å². The minimum atomic E-state index is 0.544. The number of hydrogen-bond donors (Lipinski definition) is 2. The number of halogens is 3. The smallest absolute Gasteiger partial charge is 0.0612 e. The van der Waals surface area contributed by atoms with Gasteiger partial charge in [0.05, 0.1) is 10.0 Å². The highest BCUT2D eigenvalue weighted by atomic mass is 35.5. The minimum absolute atomic E-state index is 0.544. The van der Waals surface area contributed by atoms with Gasteiger partial charge in [-0.05, 0) is 35.9 Å². The Bertz CT molecular complexity index is 765. The van der Waals surface area contributed by atoms with Crippen LogP contribution in [0.3, 0.4) is 0 Å². The molecule has 0 spiro atoms. The van der Waals surface area contributed by atoms with Crippen LogP contribution in [0.1, 0.15) is 5.56 Å². The molecule has 0 aliphatic rings. The Balaban J connectivity index is 1.81. The number of nitrogens with one attached hydrogen (secondary N) is 2. The quantitative estimate of drug-likeness (QED) is 0.631. The molecule has 3 aromatic rings. The maximum Gasteiger partial charge on any atom is 0.0612 e. The third kappa shape index (κ3) is 2.73. The first kappa shape index (κ1) is 13.6. The fraction of sp³-hybridized carbons (Fsp3) is 0.0667. The topological polar surface area (TPSA) is 27.8 Å². The van der Waals surface area contributed by atoms with Gasteiger partial charge in [0.2, 0.25) is 0 Å². The Morgan fingerprint density at radius 1 is 0.950 bits per heavy atom. The number of benzene rings is 2. The second-order valence-corrected chi connectivity index (χ2v) is 5.74. The summed E-state index contributed by atoms with van der Waals surface area (Å²) < 4.78 is 0. The molecule has 0 amide bonds. The van der Waals surface area contributed by atoms with Crippen molar-refractivity contribution < 1.29 is 0 Å². The van der Waals surface area contributed by atoms with E-state index in [2.05, 4.69) is 10.3 Å². The fourth-order valence-corrected chi connectivity index (χ4v) is 2.58. The maximum absolute atomic E-state index is 5.99. The summed E-state index contributed by atoms with van der Waals surface area (Å²) in [5.74, 6) is 0. The molecule has 102 valence electrons. The molecule has 0 atom stereocenters. The van der Waals surface area contributed by atoms with Gasteiger partial charge in [0.15, 0.2) is 0 Å². The van der Waals surface area contributed by atoms with Crippen LogP contribution in [-0.2, 0) is 6.54 Å². The summed E-state index contributed by atoms with van der Waals surface area (Å²) in [5.41, 5.74) is 3.13. The Morgan fingerprint density at radius 3 is 2.60 bits per heavy atom. The number of aromatic amines is 1. The Morgan fingerprint density at radius 2 is 1.80 bits per heavy atom. The van der Waals surface area contributed by atoms with E-state index in [-0.39, 0.29) is 0 Å². The summed E-state index contributed by atoms with van der Waals surface area (Å²) in [6.45, 7) is 0.694. The van der Waals surface area contributed by atoms with E-state index in [9.17, 15) is 0 Å². The van der Waals surface area contributed by atoms with Crippen molar-refractivity contribution >= 4 is 51.4 Å². The van der Waals surface area contributed by atoms with Gasteiger partial charge in [-0.1, -0.05) is 40.9 Å². The van der Waals surface area contributed by atoms with E-state index in [1.54, 1.807) is 6.07 Å². The molecule has 0 aliphatic carbocycles. The van der Waals surface area contributed by atoms with Gasteiger partial charge in [-0.15, -0.1) is 0 Å². The fourth-order valence-electron chi connectivity index (χ4n) is 2.11. The molecule has 5 heteroatoms. The molecular formula is C15H11Cl3N2. The first-order valence-corrected chi connectivity index (χ1v) is 7.21. The molecule has 1 aromatic heterocycles. The molecule has 0 aliphatic heterocycles. The largest absolute Gasteiger partial charge is 0.381 e. The van der Waals surface area contributed by atoms with Gasteiger partial charge < -0.3 is 10.3 Å². The van der Waals surface area contributed by atoms with Gasteiger partial charge in [0, 0.05) is 34.4 Å². The SMILES string of the molecule is Clc1ccc2c(CNc3ccc(Cl)c(Cl)c3)c[nH]c2c1. The minimum Gasteiger partial charge on any atom is -0.381 e. The summed E-state index contributed by atoms with van der Waals surface area (Å²) in [4.78, 5) is 3.21. The highest BCUT2D eigenvalue weighted by Gasteiger charge is 2.05. The van der Waals surface area contributed by atoms with Crippen LogP contribution in [0.5, 0.6) is 0 Å². The summed E-state index contributed by atoms with van der Waals surface area (Å²) in [5, 5.41) is 6.30. The van der Waals surface area contributed by atoms with E-state index in [1.165, 1.54) is 5.56 Å². The van der Waals surface area contributed by atoms with Crippen molar-refractivity contribution in [3.8, 4) is 0 Å². The Hall–Kier alpha value is -1.35. The molecule has 0 fully saturated rings. The first-order chi connectivity index (χ1) is 9.63. The first-order valence-electron chi connectivity index (χ1n) is 6.08. The van der Waals surface area contributed by atoms with Gasteiger partial charge >= 0.3 is 0 Å². The van der Waals surface area contributed by atoms with Gasteiger partial charge in [-0.25, -0.2) is 0 Å². The lowest BCUT2D eigenvalue weighted by Gasteiger charge is -2.07. The number of rotatable bonds is 3. The molecule has 0 saturated heterocycles. The zero-order chi connectivity index (χ0) is 14.1. The molecule has 2 aromatic carbocycles. The normalized spacial score (nSPS) is 10.9. The van der Waals surface area contributed by atoms with Crippen molar-refractivity contribution in [2.45, 2.75) is 6.54 Å². The molecular weight excluding hydrogens is 315 g/mol. The zero-order valence-corrected chi connectivity index (χ0v) is 12.7. The van der Waals surface area contributed by atoms with Crippen molar-refractivity contribution in [1.82, 2.24) is 4.98 Å². The van der Waals surface area contributed by atoms with Crippen LogP contribution in [0.15, 0.2) is 42.6 Å². The summed E-state index contributed by atoms with van der Waals surface area (Å²) in [7, 11) is 0. The van der Waals surface area contributed by atoms with Crippen LogP contribution < -0.4 is 5.32 Å². The molecule has 2 nitrogen and oxygen atoms in total. The average Bonchev–Trinajstić information content (AvgIpc) is 2.82. The van der Waals surface area contributed by atoms with Crippen LogP contribution in [0.2, 0.25) is 15.1 Å². The molecule has 20 heavy (non-hydrogen) atoms. The standard InChI is InChI=1S/C15H11Cl3N2/c16-10-1-3-12-9(8-20-15(12)5-10)7-19-11-2-4-13(17)14(18)6-11/h1-6,8,19-20H,7H2. The van der Waals surface area contributed by atoms with Crippen molar-refractivity contribution in [1.29, 1.82) is 0 Å². The molecule has 2 N–H and O–H groups in total.